The van der Waals surface area contributed by atoms with E-state index in [1.54, 1.807) is 0 Å². The number of ether oxygens (including phenoxy) is 2. The highest BCUT2D eigenvalue weighted by atomic mass is 16.5. The molecule has 2 aromatic carbocycles. The van der Waals surface area contributed by atoms with E-state index in [2.05, 4.69) is 49.1 Å². The lowest BCUT2D eigenvalue weighted by Crippen LogP contribution is -2.39. The summed E-state index contributed by atoms with van der Waals surface area (Å²) in [6, 6.07) is 16.6. The molecule has 0 N–H and O–H groups in total. The lowest BCUT2D eigenvalue weighted by atomic mass is 10.0. The molecule has 5 nitrogen and oxygen atoms in total. The zero-order chi connectivity index (χ0) is 23.6. The highest BCUT2D eigenvalue weighted by molar-refractivity contribution is 5.79. The fraction of sp³-hybridized carbons (Fsp3) is 0.536. The summed E-state index contributed by atoms with van der Waals surface area (Å²) in [5.74, 6) is 2.36. The molecule has 1 amide bonds. The number of hydrogen-bond donors (Lipinski definition) is 0. The molecule has 1 fully saturated rings. The van der Waals surface area contributed by atoms with E-state index >= 15 is 0 Å². The van der Waals surface area contributed by atoms with Gasteiger partial charge >= 0.3 is 0 Å². The predicted octanol–water partition coefficient (Wildman–Crippen LogP) is 5.38. The van der Waals surface area contributed by atoms with Crippen molar-refractivity contribution in [3.8, 4) is 11.5 Å². The lowest BCUT2D eigenvalue weighted by molar-refractivity contribution is -0.136. The van der Waals surface area contributed by atoms with Crippen LogP contribution in [0.4, 0.5) is 0 Å². The average molecular weight is 453 g/mol. The fourth-order valence-corrected chi connectivity index (χ4v) is 4.48. The molecule has 0 radical (unpaired) electrons. The van der Waals surface area contributed by atoms with Crippen molar-refractivity contribution in [3.05, 3.63) is 59.7 Å². The van der Waals surface area contributed by atoms with Crippen LogP contribution in [0.2, 0.25) is 0 Å². The number of nitrogens with zero attached hydrogens (tertiary/aromatic N) is 2. The summed E-state index contributed by atoms with van der Waals surface area (Å²) >= 11 is 0. The molecule has 0 saturated carbocycles. The summed E-state index contributed by atoms with van der Waals surface area (Å²) in [4.78, 5) is 17.9. The van der Waals surface area contributed by atoms with Gasteiger partial charge in [-0.05, 0) is 42.1 Å². The van der Waals surface area contributed by atoms with E-state index in [0.29, 0.717) is 25.7 Å². The summed E-state index contributed by atoms with van der Waals surface area (Å²) in [5, 5.41) is 0. The smallest absolute Gasteiger partial charge is 0.227 e. The Kier molecular flexibility index (Phi) is 9.61. The first-order valence-electron chi connectivity index (χ1n) is 12.5. The molecule has 4 rings (SSSR count). The van der Waals surface area contributed by atoms with Crippen LogP contribution in [0.15, 0.2) is 48.5 Å². The van der Waals surface area contributed by atoms with Gasteiger partial charge in [0.05, 0.1) is 19.1 Å². The third-order valence-corrected chi connectivity index (χ3v) is 5.95. The quantitative estimate of drug-likeness (QED) is 0.566. The van der Waals surface area contributed by atoms with Crippen LogP contribution in [-0.2, 0) is 17.9 Å². The van der Waals surface area contributed by atoms with E-state index < -0.39 is 0 Å². The zero-order valence-electron chi connectivity index (χ0n) is 20.8. The second kappa shape index (κ2) is 12.6. The minimum atomic E-state index is 0.0721. The number of rotatable bonds is 7. The van der Waals surface area contributed by atoms with Gasteiger partial charge in [-0.1, -0.05) is 64.1 Å². The van der Waals surface area contributed by atoms with E-state index in [-0.39, 0.29) is 11.8 Å². The molecule has 5 heteroatoms. The van der Waals surface area contributed by atoms with Crippen LogP contribution in [0.25, 0.3) is 0 Å². The molecule has 2 aliphatic rings. The summed E-state index contributed by atoms with van der Waals surface area (Å²) in [5.41, 5.74) is 2.40. The third-order valence-electron chi connectivity index (χ3n) is 5.95. The second-order valence-electron chi connectivity index (χ2n) is 9.15. The highest BCUT2D eigenvalue weighted by Gasteiger charge is 2.31. The van der Waals surface area contributed by atoms with Gasteiger partial charge in [-0.25, -0.2) is 0 Å². The molecule has 2 aromatic rings. The largest absolute Gasteiger partial charge is 0.490 e. The van der Waals surface area contributed by atoms with Gasteiger partial charge in [0.2, 0.25) is 5.91 Å². The number of amides is 1. The Morgan fingerprint density at radius 3 is 2.48 bits per heavy atom. The standard InChI is InChI=1S/C26H34N2O3.C2H6/c1-20(2)16-28(18-22-9-10-24-25(15-22)31-14-6-13-30-24)26(29)23-11-12-27(19-23)17-21-7-4-3-5-8-21;1-2/h3-5,7-10,15,20,23H,6,11-14,16-19H2,1-2H3;1-2H3/t23-;/m1./s1. The van der Waals surface area contributed by atoms with Gasteiger partial charge in [0.15, 0.2) is 11.5 Å². The minimum Gasteiger partial charge on any atom is -0.490 e. The van der Waals surface area contributed by atoms with Crippen molar-refractivity contribution in [2.75, 3.05) is 32.8 Å². The summed E-state index contributed by atoms with van der Waals surface area (Å²) < 4.78 is 11.6. The molecule has 0 bridgehead atoms. The van der Waals surface area contributed by atoms with Crippen molar-refractivity contribution in [2.45, 2.75) is 53.6 Å². The molecule has 0 spiro atoms. The number of likely N-dealkylation sites (tertiary alicyclic amines) is 1. The lowest BCUT2D eigenvalue weighted by Gasteiger charge is -2.28. The molecule has 0 aromatic heterocycles. The number of fused-ring (bicyclic) bond motifs is 1. The Balaban J connectivity index is 0.00000149. The molecule has 2 aliphatic heterocycles. The number of hydrogen-bond acceptors (Lipinski definition) is 4. The van der Waals surface area contributed by atoms with Crippen molar-refractivity contribution in [1.29, 1.82) is 0 Å². The van der Waals surface area contributed by atoms with Crippen molar-refractivity contribution < 1.29 is 14.3 Å². The molecule has 1 saturated heterocycles. The first kappa shape index (κ1) is 25.1. The van der Waals surface area contributed by atoms with Crippen LogP contribution in [0.3, 0.4) is 0 Å². The highest BCUT2D eigenvalue weighted by Crippen LogP contribution is 2.31. The summed E-state index contributed by atoms with van der Waals surface area (Å²) in [7, 11) is 0. The van der Waals surface area contributed by atoms with Crippen LogP contribution >= 0.6 is 0 Å². The Labute approximate surface area is 199 Å². The van der Waals surface area contributed by atoms with Gasteiger partial charge in [0.25, 0.3) is 0 Å². The molecule has 33 heavy (non-hydrogen) atoms. The van der Waals surface area contributed by atoms with Crippen LogP contribution in [-0.4, -0.2) is 48.6 Å². The first-order chi connectivity index (χ1) is 16.1. The van der Waals surface area contributed by atoms with Gasteiger partial charge in [-0.15, -0.1) is 0 Å². The summed E-state index contributed by atoms with van der Waals surface area (Å²) in [6.45, 7) is 13.8. The summed E-state index contributed by atoms with van der Waals surface area (Å²) in [6.07, 6.45) is 1.82. The number of carbonyl (C=O) groups excluding carboxylic acids is 1. The maximum atomic E-state index is 13.5. The second-order valence-corrected chi connectivity index (χ2v) is 9.15. The topological polar surface area (TPSA) is 42.0 Å². The molecular formula is C28H40N2O3. The van der Waals surface area contributed by atoms with E-state index in [1.807, 2.05) is 36.9 Å². The van der Waals surface area contributed by atoms with Gasteiger partial charge < -0.3 is 14.4 Å². The Morgan fingerprint density at radius 2 is 1.76 bits per heavy atom. The van der Waals surface area contributed by atoms with E-state index in [1.165, 1.54) is 5.56 Å². The first-order valence-corrected chi connectivity index (χ1v) is 12.5. The van der Waals surface area contributed by atoms with Crippen LogP contribution in [0.5, 0.6) is 11.5 Å². The minimum absolute atomic E-state index is 0.0721. The van der Waals surface area contributed by atoms with E-state index in [9.17, 15) is 4.79 Å². The van der Waals surface area contributed by atoms with Crippen molar-refractivity contribution in [2.24, 2.45) is 11.8 Å². The molecule has 2 heterocycles. The number of benzene rings is 2. The van der Waals surface area contributed by atoms with Gasteiger partial charge in [-0.2, -0.15) is 0 Å². The average Bonchev–Trinajstić information content (AvgIpc) is 3.16. The van der Waals surface area contributed by atoms with Crippen molar-refractivity contribution in [1.82, 2.24) is 9.80 Å². The van der Waals surface area contributed by atoms with E-state index in [4.69, 9.17) is 9.47 Å². The monoisotopic (exact) mass is 452 g/mol. The van der Waals surface area contributed by atoms with Crippen molar-refractivity contribution in [3.63, 3.8) is 0 Å². The Hall–Kier alpha value is -2.53. The zero-order valence-corrected chi connectivity index (χ0v) is 20.8. The normalized spacial score (nSPS) is 17.8. The maximum Gasteiger partial charge on any atom is 0.227 e. The van der Waals surface area contributed by atoms with Gasteiger partial charge in [0, 0.05) is 32.6 Å². The predicted molar refractivity (Wildman–Crippen MR) is 133 cm³/mol. The molecule has 1 atom stereocenters. The molecule has 0 aliphatic carbocycles. The van der Waals surface area contributed by atoms with Crippen molar-refractivity contribution >= 4 is 5.91 Å². The van der Waals surface area contributed by atoms with Crippen LogP contribution in [0, 0.1) is 11.8 Å². The Morgan fingerprint density at radius 1 is 1.03 bits per heavy atom. The van der Waals surface area contributed by atoms with Crippen LogP contribution in [0.1, 0.15) is 51.7 Å². The van der Waals surface area contributed by atoms with Gasteiger partial charge in [-0.3, -0.25) is 9.69 Å². The number of carbonyl (C=O) groups is 1. The van der Waals surface area contributed by atoms with Gasteiger partial charge in [0.1, 0.15) is 0 Å². The maximum absolute atomic E-state index is 13.5. The SMILES string of the molecule is CC.CC(C)CN(Cc1ccc2c(c1)OCCCO2)C(=O)[C@@H]1CCN(Cc2ccccc2)C1. The van der Waals surface area contributed by atoms with Crippen LogP contribution < -0.4 is 9.47 Å². The Bertz CT molecular complexity index is 869. The third kappa shape index (κ3) is 7.23. The molecule has 180 valence electrons. The fourth-order valence-electron chi connectivity index (χ4n) is 4.48. The van der Waals surface area contributed by atoms with E-state index in [0.717, 1.165) is 56.1 Å². The molecule has 0 unspecified atom stereocenters. The molecular weight excluding hydrogens is 412 g/mol.